The molecule has 0 radical (unpaired) electrons. The highest BCUT2D eigenvalue weighted by atomic mass is 127. The molecule has 0 bridgehead atoms. The van der Waals surface area contributed by atoms with E-state index in [0.717, 1.165) is 39.0 Å². The standard InChI is InChI=1S/C21H35N5O.HI/c1-5-22-21(24-15-20(27)26-12-8-9-13-26)23-14-18-10-6-7-11-19(18)16-25(4)17(2)3;/h6-7,10-11,17H,5,8-9,12-16H2,1-4H3,(H2,22,23,24);1H. The third-order valence-electron chi connectivity index (χ3n) is 5.04. The van der Waals surface area contributed by atoms with Crippen LogP contribution in [0.15, 0.2) is 29.3 Å². The van der Waals surface area contributed by atoms with Crippen molar-refractivity contribution in [2.45, 2.75) is 52.7 Å². The molecule has 28 heavy (non-hydrogen) atoms. The Hall–Kier alpha value is -1.35. The maximum atomic E-state index is 12.2. The van der Waals surface area contributed by atoms with Crippen LogP contribution in [0.5, 0.6) is 0 Å². The molecule has 1 amide bonds. The third kappa shape index (κ3) is 7.95. The first-order chi connectivity index (χ1) is 13.0. The number of guanidine groups is 1. The van der Waals surface area contributed by atoms with Crippen LogP contribution in [0.4, 0.5) is 0 Å². The molecule has 158 valence electrons. The van der Waals surface area contributed by atoms with Crippen molar-refractivity contribution in [1.82, 2.24) is 20.4 Å². The molecule has 6 nitrogen and oxygen atoms in total. The highest BCUT2D eigenvalue weighted by Crippen LogP contribution is 2.13. The zero-order valence-electron chi connectivity index (χ0n) is 17.7. The smallest absolute Gasteiger partial charge is 0.241 e. The Kier molecular flexibility index (Phi) is 11.4. The molecule has 0 spiro atoms. The lowest BCUT2D eigenvalue weighted by molar-refractivity contribution is -0.128. The van der Waals surface area contributed by atoms with E-state index >= 15 is 0 Å². The zero-order valence-corrected chi connectivity index (χ0v) is 20.0. The second-order valence-corrected chi connectivity index (χ2v) is 7.41. The summed E-state index contributed by atoms with van der Waals surface area (Å²) in [6, 6.07) is 8.93. The van der Waals surface area contributed by atoms with Gasteiger partial charge >= 0.3 is 0 Å². The number of amides is 1. The van der Waals surface area contributed by atoms with Gasteiger partial charge < -0.3 is 15.5 Å². The van der Waals surface area contributed by atoms with Crippen LogP contribution in [0.3, 0.4) is 0 Å². The van der Waals surface area contributed by atoms with E-state index in [1.807, 2.05) is 11.8 Å². The van der Waals surface area contributed by atoms with Gasteiger partial charge in [0.05, 0.1) is 13.1 Å². The molecule has 0 saturated carbocycles. The first-order valence-corrected chi connectivity index (χ1v) is 10.1. The van der Waals surface area contributed by atoms with Crippen LogP contribution < -0.4 is 10.6 Å². The predicted molar refractivity (Wildman–Crippen MR) is 127 cm³/mol. The Morgan fingerprint density at radius 2 is 1.82 bits per heavy atom. The van der Waals surface area contributed by atoms with Gasteiger partial charge in [-0.05, 0) is 51.8 Å². The second kappa shape index (κ2) is 13.0. The highest BCUT2D eigenvalue weighted by Gasteiger charge is 2.17. The van der Waals surface area contributed by atoms with E-state index in [0.29, 0.717) is 25.1 Å². The summed E-state index contributed by atoms with van der Waals surface area (Å²) in [5, 5.41) is 6.42. The number of likely N-dealkylation sites (tertiary alicyclic amines) is 1. The normalized spacial score (nSPS) is 14.4. The van der Waals surface area contributed by atoms with Gasteiger partial charge in [-0.2, -0.15) is 0 Å². The fourth-order valence-corrected chi connectivity index (χ4v) is 3.06. The number of rotatable bonds is 8. The molecule has 1 saturated heterocycles. The summed E-state index contributed by atoms with van der Waals surface area (Å²) in [6.45, 7) is 10.7. The average molecular weight is 501 g/mol. The molecule has 0 atom stereocenters. The Morgan fingerprint density at radius 1 is 1.18 bits per heavy atom. The lowest BCUT2D eigenvalue weighted by atomic mass is 10.1. The number of nitrogens with one attached hydrogen (secondary N) is 2. The van der Waals surface area contributed by atoms with Crippen LogP contribution in [0, 0.1) is 0 Å². The molecular formula is C21H36IN5O. The monoisotopic (exact) mass is 501 g/mol. The summed E-state index contributed by atoms with van der Waals surface area (Å²) in [5.74, 6) is 0.842. The molecule has 2 N–H and O–H groups in total. The summed E-state index contributed by atoms with van der Waals surface area (Å²) in [6.07, 6.45) is 2.23. The third-order valence-corrected chi connectivity index (χ3v) is 5.04. The Morgan fingerprint density at radius 3 is 2.43 bits per heavy atom. The lowest BCUT2D eigenvalue weighted by Gasteiger charge is -2.22. The summed E-state index contributed by atoms with van der Waals surface area (Å²) in [5.41, 5.74) is 2.51. The van der Waals surface area contributed by atoms with E-state index in [2.05, 4.69) is 60.7 Å². The van der Waals surface area contributed by atoms with E-state index in [-0.39, 0.29) is 29.9 Å². The minimum Gasteiger partial charge on any atom is -0.357 e. The topological polar surface area (TPSA) is 60.0 Å². The van der Waals surface area contributed by atoms with Gasteiger partial charge in [0.1, 0.15) is 0 Å². The first-order valence-electron chi connectivity index (χ1n) is 10.1. The minimum atomic E-state index is 0. The summed E-state index contributed by atoms with van der Waals surface area (Å²) < 4.78 is 0. The fraction of sp³-hybridized carbons (Fsp3) is 0.619. The predicted octanol–water partition coefficient (Wildman–Crippen LogP) is 2.82. The molecule has 0 aromatic heterocycles. The van der Waals surface area contributed by atoms with Crippen molar-refractivity contribution in [1.29, 1.82) is 0 Å². The van der Waals surface area contributed by atoms with Crippen LogP contribution in [-0.2, 0) is 17.9 Å². The van der Waals surface area contributed by atoms with Gasteiger partial charge in [-0.25, -0.2) is 4.99 Å². The van der Waals surface area contributed by atoms with Crippen molar-refractivity contribution in [2.75, 3.05) is 33.2 Å². The number of nitrogens with zero attached hydrogens (tertiary/aromatic N) is 3. The van der Waals surface area contributed by atoms with E-state index < -0.39 is 0 Å². The summed E-state index contributed by atoms with van der Waals surface area (Å²) >= 11 is 0. The van der Waals surface area contributed by atoms with Crippen LogP contribution in [0.1, 0.15) is 44.7 Å². The van der Waals surface area contributed by atoms with Crippen molar-refractivity contribution in [3.8, 4) is 0 Å². The molecule has 1 aliphatic heterocycles. The van der Waals surface area contributed by atoms with Crippen molar-refractivity contribution >= 4 is 35.8 Å². The second-order valence-electron chi connectivity index (χ2n) is 7.41. The number of aliphatic imine (C=N–C) groups is 1. The lowest BCUT2D eigenvalue weighted by Crippen LogP contribution is -2.44. The van der Waals surface area contributed by atoms with Crippen LogP contribution in [0.2, 0.25) is 0 Å². The molecule has 7 heteroatoms. The largest absolute Gasteiger partial charge is 0.357 e. The minimum absolute atomic E-state index is 0. The van der Waals surface area contributed by atoms with Crippen LogP contribution >= 0.6 is 24.0 Å². The van der Waals surface area contributed by atoms with Crippen molar-refractivity contribution in [2.24, 2.45) is 4.99 Å². The van der Waals surface area contributed by atoms with Crippen LogP contribution in [0.25, 0.3) is 0 Å². The number of carbonyl (C=O) groups excluding carboxylic acids is 1. The van der Waals surface area contributed by atoms with Gasteiger partial charge in [-0.15, -0.1) is 24.0 Å². The zero-order chi connectivity index (χ0) is 19.6. The van der Waals surface area contributed by atoms with E-state index in [9.17, 15) is 4.79 Å². The fourth-order valence-electron chi connectivity index (χ4n) is 3.06. The van der Waals surface area contributed by atoms with Gasteiger partial charge in [0, 0.05) is 32.2 Å². The van der Waals surface area contributed by atoms with Gasteiger partial charge in [0.15, 0.2) is 5.96 Å². The van der Waals surface area contributed by atoms with E-state index in [1.165, 1.54) is 11.1 Å². The molecule has 2 rings (SSSR count). The number of hydrogen-bond donors (Lipinski definition) is 2. The molecular weight excluding hydrogens is 465 g/mol. The number of carbonyl (C=O) groups is 1. The maximum absolute atomic E-state index is 12.2. The Balaban J connectivity index is 0.00000392. The van der Waals surface area contributed by atoms with Crippen molar-refractivity contribution < 1.29 is 4.79 Å². The summed E-state index contributed by atoms with van der Waals surface area (Å²) in [4.78, 5) is 21.2. The molecule has 0 unspecified atom stereocenters. The Bertz CT molecular complexity index is 629. The quantitative estimate of drug-likeness (QED) is 0.327. The number of halogens is 1. The summed E-state index contributed by atoms with van der Waals surface area (Å²) in [7, 11) is 2.14. The van der Waals surface area contributed by atoms with Gasteiger partial charge in [0.25, 0.3) is 0 Å². The van der Waals surface area contributed by atoms with Crippen molar-refractivity contribution in [3.63, 3.8) is 0 Å². The Labute approximate surface area is 187 Å². The van der Waals surface area contributed by atoms with E-state index in [4.69, 9.17) is 4.99 Å². The van der Waals surface area contributed by atoms with Gasteiger partial charge in [-0.1, -0.05) is 24.3 Å². The van der Waals surface area contributed by atoms with Crippen molar-refractivity contribution in [3.05, 3.63) is 35.4 Å². The number of benzene rings is 1. The van der Waals surface area contributed by atoms with Gasteiger partial charge in [0.2, 0.25) is 5.91 Å². The number of hydrogen-bond acceptors (Lipinski definition) is 3. The highest BCUT2D eigenvalue weighted by molar-refractivity contribution is 14.0. The molecule has 1 aliphatic rings. The van der Waals surface area contributed by atoms with E-state index in [1.54, 1.807) is 0 Å². The molecule has 0 aliphatic carbocycles. The average Bonchev–Trinajstić information content (AvgIpc) is 3.19. The SMILES string of the molecule is CCNC(=NCc1ccccc1CN(C)C(C)C)NCC(=O)N1CCCC1.I. The maximum Gasteiger partial charge on any atom is 0.241 e. The molecule has 1 heterocycles. The van der Waals surface area contributed by atoms with Gasteiger partial charge in [-0.3, -0.25) is 9.69 Å². The molecule has 1 aromatic carbocycles. The molecule has 1 fully saturated rings. The molecule has 1 aromatic rings. The van der Waals surface area contributed by atoms with Crippen LogP contribution in [-0.4, -0.2) is 60.9 Å². The first kappa shape index (κ1) is 24.7.